The fourth-order valence-corrected chi connectivity index (χ4v) is 2.12. The average Bonchev–Trinajstić information content (AvgIpc) is 2.42. The van der Waals surface area contributed by atoms with Crippen LogP contribution < -0.4 is 10.6 Å². The molecule has 2 aromatic rings. The van der Waals surface area contributed by atoms with Crippen LogP contribution in [0, 0.1) is 13.8 Å². The van der Waals surface area contributed by atoms with Crippen molar-refractivity contribution in [3.63, 3.8) is 0 Å². The molecule has 2 rings (SSSR count). The minimum absolute atomic E-state index is 0.668. The van der Waals surface area contributed by atoms with Gasteiger partial charge >= 0.3 is 0 Å². The van der Waals surface area contributed by atoms with Gasteiger partial charge in [-0.25, -0.2) is 4.98 Å². The highest BCUT2D eigenvalue weighted by molar-refractivity contribution is 5.64. The zero-order valence-electron chi connectivity index (χ0n) is 11.5. The van der Waals surface area contributed by atoms with Crippen LogP contribution in [-0.2, 0) is 0 Å². The second kappa shape index (κ2) is 6.29. The Morgan fingerprint density at radius 2 is 1.84 bits per heavy atom. The summed E-state index contributed by atoms with van der Waals surface area (Å²) < 4.78 is 0. The summed E-state index contributed by atoms with van der Waals surface area (Å²) in [5.74, 6) is 0.908. The average molecular weight is 256 g/mol. The van der Waals surface area contributed by atoms with Crippen molar-refractivity contribution in [1.29, 1.82) is 0 Å². The minimum Gasteiger partial charge on any atom is -0.330 e. The smallest absolute Gasteiger partial charge is 0.154 e. The first-order valence-electron chi connectivity index (χ1n) is 6.55. The molecular formula is C15H20N4. The van der Waals surface area contributed by atoms with E-state index in [0.29, 0.717) is 6.54 Å². The zero-order chi connectivity index (χ0) is 13.7. The van der Waals surface area contributed by atoms with Crippen LogP contribution in [0.4, 0.5) is 11.5 Å². The van der Waals surface area contributed by atoms with E-state index in [-0.39, 0.29) is 0 Å². The van der Waals surface area contributed by atoms with Crippen LogP contribution in [0.2, 0.25) is 0 Å². The highest BCUT2D eigenvalue weighted by atomic mass is 15.2. The normalized spacial score (nSPS) is 10.5. The van der Waals surface area contributed by atoms with Gasteiger partial charge in [0, 0.05) is 24.6 Å². The van der Waals surface area contributed by atoms with Crippen LogP contribution in [0.5, 0.6) is 0 Å². The first kappa shape index (κ1) is 13.5. The van der Waals surface area contributed by atoms with Crippen molar-refractivity contribution in [2.75, 3.05) is 18.0 Å². The molecule has 19 heavy (non-hydrogen) atoms. The number of nitrogens with zero attached hydrogens (tertiary/aromatic N) is 3. The first-order chi connectivity index (χ1) is 9.24. The molecule has 0 fully saturated rings. The Labute approximate surface area is 114 Å². The second-order valence-corrected chi connectivity index (χ2v) is 4.55. The van der Waals surface area contributed by atoms with Crippen LogP contribution in [0.1, 0.15) is 17.7 Å². The maximum Gasteiger partial charge on any atom is 0.154 e. The minimum atomic E-state index is 0.668. The number of aromatic nitrogens is 2. The lowest BCUT2D eigenvalue weighted by molar-refractivity contribution is 0.802. The van der Waals surface area contributed by atoms with Gasteiger partial charge in [0.25, 0.3) is 0 Å². The number of hydrogen-bond acceptors (Lipinski definition) is 4. The first-order valence-corrected chi connectivity index (χ1v) is 6.55. The van der Waals surface area contributed by atoms with Gasteiger partial charge in [-0.05, 0) is 38.4 Å². The van der Waals surface area contributed by atoms with Crippen molar-refractivity contribution < 1.29 is 0 Å². The third kappa shape index (κ3) is 3.09. The monoisotopic (exact) mass is 256 g/mol. The third-order valence-electron chi connectivity index (χ3n) is 3.10. The van der Waals surface area contributed by atoms with Gasteiger partial charge in [0.05, 0.1) is 5.69 Å². The standard InChI is InChI=1S/C15H20N4/c1-12-6-3-4-7-14(12)19(11-5-8-16)15-13(2)17-9-10-18-15/h3-4,6-7,9-10H,5,8,11,16H2,1-2H3. The number of anilines is 2. The van der Waals surface area contributed by atoms with Crippen molar-refractivity contribution >= 4 is 11.5 Å². The Kier molecular flexibility index (Phi) is 4.47. The molecule has 0 aliphatic rings. The van der Waals surface area contributed by atoms with Gasteiger partial charge in [-0.15, -0.1) is 0 Å². The molecule has 0 amide bonds. The molecule has 0 radical (unpaired) electrons. The predicted molar refractivity (Wildman–Crippen MR) is 78.6 cm³/mol. The summed E-state index contributed by atoms with van der Waals surface area (Å²) in [5, 5.41) is 0. The fourth-order valence-electron chi connectivity index (χ4n) is 2.12. The number of benzene rings is 1. The molecule has 0 aliphatic carbocycles. The van der Waals surface area contributed by atoms with Gasteiger partial charge in [-0.3, -0.25) is 4.98 Å². The topological polar surface area (TPSA) is 55.0 Å². The van der Waals surface area contributed by atoms with Crippen molar-refractivity contribution in [2.45, 2.75) is 20.3 Å². The van der Waals surface area contributed by atoms with Crippen LogP contribution in [0.25, 0.3) is 0 Å². The van der Waals surface area contributed by atoms with E-state index < -0.39 is 0 Å². The van der Waals surface area contributed by atoms with Crippen LogP contribution >= 0.6 is 0 Å². The summed E-state index contributed by atoms with van der Waals surface area (Å²) in [6, 6.07) is 8.31. The molecule has 0 saturated heterocycles. The summed E-state index contributed by atoms with van der Waals surface area (Å²) in [4.78, 5) is 11.0. The molecule has 4 heteroatoms. The Morgan fingerprint density at radius 1 is 1.11 bits per heavy atom. The molecule has 1 aromatic heterocycles. The molecule has 0 unspecified atom stereocenters. The van der Waals surface area contributed by atoms with Crippen molar-refractivity contribution in [1.82, 2.24) is 9.97 Å². The number of nitrogens with two attached hydrogens (primary N) is 1. The van der Waals surface area contributed by atoms with Crippen LogP contribution in [0.3, 0.4) is 0 Å². The second-order valence-electron chi connectivity index (χ2n) is 4.55. The van der Waals surface area contributed by atoms with Crippen LogP contribution in [0.15, 0.2) is 36.7 Å². The summed E-state index contributed by atoms with van der Waals surface area (Å²) in [6.45, 7) is 5.61. The van der Waals surface area contributed by atoms with E-state index >= 15 is 0 Å². The number of hydrogen-bond donors (Lipinski definition) is 1. The van der Waals surface area contributed by atoms with E-state index in [2.05, 4.69) is 33.9 Å². The fraction of sp³-hybridized carbons (Fsp3) is 0.333. The van der Waals surface area contributed by atoms with E-state index in [4.69, 9.17) is 5.73 Å². The third-order valence-corrected chi connectivity index (χ3v) is 3.10. The Bertz CT molecular complexity index is 494. The van der Waals surface area contributed by atoms with Gasteiger partial charge < -0.3 is 10.6 Å². The number of rotatable bonds is 5. The lowest BCUT2D eigenvalue weighted by atomic mass is 10.1. The molecule has 1 aromatic carbocycles. The van der Waals surface area contributed by atoms with Crippen LogP contribution in [-0.4, -0.2) is 23.1 Å². The largest absolute Gasteiger partial charge is 0.330 e. The van der Waals surface area contributed by atoms with Crippen molar-refractivity contribution in [2.24, 2.45) is 5.73 Å². The zero-order valence-corrected chi connectivity index (χ0v) is 11.5. The molecular weight excluding hydrogens is 236 g/mol. The predicted octanol–water partition coefficient (Wildman–Crippen LogP) is 2.58. The summed E-state index contributed by atoms with van der Waals surface area (Å²) in [5.41, 5.74) is 8.97. The maximum absolute atomic E-state index is 5.65. The summed E-state index contributed by atoms with van der Waals surface area (Å²) in [7, 11) is 0. The van der Waals surface area contributed by atoms with Crippen molar-refractivity contribution in [3.8, 4) is 0 Å². The summed E-state index contributed by atoms with van der Waals surface area (Å²) in [6.07, 6.45) is 4.37. The van der Waals surface area contributed by atoms with E-state index in [0.717, 1.165) is 24.5 Å². The number of para-hydroxylation sites is 1. The Morgan fingerprint density at radius 3 is 2.53 bits per heavy atom. The van der Waals surface area contributed by atoms with Gasteiger partial charge in [-0.1, -0.05) is 18.2 Å². The van der Waals surface area contributed by atoms with E-state index in [1.165, 1.54) is 11.3 Å². The Hall–Kier alpha value is -1.94. The molecule has 100 valence electrons. The van der Waals surface area contributed by atoms with Gasteiger partial charge in [0.1, 0.15) is 0 Å². The molecule has 0 aliphatic heterocycles. The molecule has 2 N–H and O–H groups in total. The lowest BCUT2D eigenvalue weighted by Gasteiger charge is -2.26. The quantitative estimate of drug-likeness (QED) is 0.893. The molecule has 0 atom stereocenters. The van der Waals surface area contributed by atoms with Gasteiger partial charge in [0.2, 0.25) is 0 Å². The highest BCUT2D eigenvalue weighted by Crippen LogP contribution is 2.28. The molecule has 0 saturated carbocycles. The molecule has 0 spiro atoms. The van der Waals surface area contributed by atoms with E-state index in [9.17, 15) is 0 Å². The van der Waals surface area contributed by atoms with E-state index in [1.54, 1.807) is 12.4 Å². The lowest BCUT2D eigenvalue weighted by Crippen LogP contribution is -2.23. The molecule has 4 nitrogen and oxygen atoms in total. The highest BCUT2D eigenvalue weighted by Gasteiger charge is 2.14. The van der Waals surface area contributed by atoms with Crippen molar-refractivity contribution in [3.05, 3.63) is 47.9 Å². The molecule has 1 heterocycles. The van der Waals surface area contributed by atoms with Gasteiger partial charge in [0.15, 0.2) is 5.82 Å². The van der Waals surface area contributed by atoms with E-state index in [1.807, 2.05) is 19.1 Å². The Balaban J connectivity index is 2.42. The van der Waals surface area contributed by atoms with Gasteiger partial charge in [-0.2, -0.15) is 0 Å². The molecule has 0 bridgehead atoms. The summed E-state index contributed by atoms with van der Waals surface area (Å²) >= 11 is 0. The number of aryl methyl sites for hydroxylation is 2. The maximum atomic E-state index is 5.65. The SMILES string of the molecule is Cc1ccccc1N(CCCN)c1nccnc1C.